The quantitative estimate of drug-likeness (QED) is 0.405. The van der Waals surface area contributed by atoms with Crippen LogP contribution in [-0.4, -0.2) is 42.8 Å². The van der Waals surface area contributed by atoms with Crippen LogP contribution in [0.2, 0.25) is 0 Å². The predicted octanol–water partition coefficient (Wildman–Crippen LogP) is 5.77. The van der Waals surface area contributed by atoms with Gasteiger partial charge in [-0.1, -0.05) is 12.1 Å². The average Bonchev–Trinajstić information content (AvgIpc) is 3.65. The summed E-state index contributed by atoms with van der Waals surface area (Å²) in [5.74, 6) is 1.53. The fourth-order valence-electron chi connectivity index (χ4n) is 5.09. The van der Waals surface area contributed by atoms with Gasteiger partial charge in [0.25, 0.3) is 0 Å². The van der Waals surface area contributed by atoms with Crippen LogP contribution < -0.4 is 15.8 Å². The van der Waals surface area contributed by atoms with Gasteiger partial charge in [-0.05, 0) is 76.6 Å². The maximum absolute atomic E-state index is 12.2. The summed E-state index contributed by atoms with van der Waals surface area (Å²) in [7, 11) is -2.94. The van der Waals surface area contributed by atoms with E-state index in [9.17, 15) is 13.2 Å². The molecule has 0 spiro atoms. The van der Waals surface area contributed by atoms with Gasteiger partial charge in [0.2, 0.25) is 0 Å². The zero-order valence-electron chi connectivity index (χ0n) is 21.6. The molecule has 1 amide bonds. The van der Waals surface area contributed by atoms with Crippen molar-refractivity contribution in [2.24, 2.45) is 5.92 Å². The molecule has 1 aliphatic carbocycles. The Balaban J connectivity index is 1.38. The van der Waals surface area contributed by atoms with Gasteiger partial charge in [-0.25, -0.2) is 13.2 Å². The zero-order chi connectivity index (χ0) is 26.3. The van der Waals surface area contributed by atoms with Crippen molar-refractivity contribution in [3.8, 4) is 17.0 Å². The number of nitrogens with zero attached hydrogens (tertiary/aromatic N) is 1. The summed E-state index contributed by atoms with van der Waals surface area (Å²) in [6.45, 7) is 6.15. The summed E-state index contributed by atoms with van der Waals surface area (Å²) in [5.41, 5.74) is 10.8. The van der Waals surface area contributed by atoms with Crippen molar-refractivity contribution < 1.29 is 22.7 Å². The van der Waals surface area contributed by atoms with Gasteiger partial charge in [0.1, 0.15) is 18.0 Å². The van der Waals surface area contributed by atoms with E-state index in [1.165, 1.54) is 0 Å². The molecule has 198 valence electrons. The molecule has 8 nitrogen and oxygen atoms in total. The van der Waals surface area contributed by atoms with Gasteiger partial charge < -0.3 is 19.8 Å². The Bertz CT molecular complexity index is 1390. The molecule has 5 rings (SSSR count). The lowest BCUT2D eigenvalue weighted by Gasteiger charge is -2.23. The number of fused-ring (bicyclic) bond motifs is 1. The van der Waals surface area contributed by atoms with E-state index in [2.05, 4.69) is 23.7 Å². The maximum Gasteiger partial charge on any atom is 0.411 e. The molecule has 2 fully saturated rings. The highest BCUT2D eigenvalue weighted by atomic mass is 32.2. The number of nitrogens with one attached hydrogen (secondary N) is 1. The van der Waals surface area contributed by atoms with E-state index in [0.717, 1.165) is 35.0 Å². The molecular formula is C28H35N3O5S. The number of carbonyl (C=O) groups is 1. The molecule has 3 N–H and O–H groups in total. The number of hydrogen-bond acceptors (Lipinski definition) is 6. The van der Waals surface area contributed by atoms with Gasteiger partial charge in [-0.3, -0.25) is 5.32 Å². The van der Waals surface area contributed by atoms with Crippen molar-refractivity contribution in [1.29, 1.82) is 0 Å². The smallest absolute Gasteiger partial charge is 0.411 e. The molecule has 0 bridgehead atoms. The van der Waals surface area contributed by atoms with Gasteiger partial charge in [0, 0.05) is 28.7 Å². The van der Waals surface area contributed by atoms with E-state index in [0.29, 0.717) is 35.9 Å². The Morgan fingerprint density at radius 2 is 1.70 bits per heavy atom. The Labute approximate surface area is 218 Å². The minimum atomic E-state index is -2.94. The topological polar surface area (TPSA) is 113 Å². The van der Waals surface area contributed by atoms with Crippen molar-refractivity contribution >= 4 is 38.2 Å². The van der Waals surface area contributed by atoms with E-state index >= 15 is 0 Å². The summed E-state index contributed by atoms with van der Waals surface area (Å²) in [4.78, 5) is 12.2. The molecule has 9 heteroatoms. The van der Waals surface area contributed by atoms with Crippen LogP contribution in [0.5, 0.6) is 5.75 Å². The highest BCUT2D eigenvalue weighted by Crippen LogP contribution is 2.40. The third kappa shape index (κ3) is 5.56. The first-order valence-corrected chi connectivity index (χ1v) is 14.8. The van der Waals surface area contributed by atoms with Crippen LogP contribution in [0.25, 0.3) is 22.2 Å². The molecule has 1 saturated carbocycles. The van der Waals surface area contributed by atoms with E-state index in [1.54, 1.807) is 0 Å². The largest absolute Gasteiger partial charge is 0.490 e. The number of aromatic nitrogens is 1. The maximum atomic E-state index is 12.2. The summed E-state index contributed by atoms with van der Waals surface area (Å²) < 4.78 is 37.3. The number of hydrogen-bond donors (Lipinski definition) is 2. The zero-order valence-corrected chi connectivity index (χ0v) is 22.4. The number of ether oxygens (including phenoxy) is 2. The number of nitrogens with two attached hydrogens (primary N) is 1. The van der Waals surface area contributed by atoms with Crippen LogP contribution in [0, 0.1) is 5.92 Å². The average molecular weight is 526 g/mol. The van der Waals surface area contributed by atoms with Gasteiger partial charge in [0.15, 0.2) is 9.84 Å². The number of amides is 1. The molecule has 0 radical (unpaired) electrons. The fraction of sp³-hybridized carbons (Fsp3) is 0.464. The lowest BCUT2D eigenvalue weighted by molar-refractivity contribution is 0.108. The van der Waals surface area contributed by atoms with Crippen LogP contribution in [0.1, 0.15) is 52.5 Å². The molecule has 1 aromatic heterocycles. The number of sulfone groups is 1. The Morgan fingerprint density at radius 1 is 1.03 bits per heavy atom. The molecular weight excluding hydrogens is 490 g/mol. The normalized spacial score (nSPS) is 18.6. The Morgan fingerprint density at radius 3 is 2.32 bits per heavy atom. The van der Waals surface area contributed by atoms with E-state index in [1.807, 2.05) is 49.4 Å². The minimum absolute atomic E-state index is 0.0687. The molecule has 2 heterocycles. The van der Waals surface area contributed by atoms with Crippen LogP contribution in [-0.2, 0) is 14.6 Å². The second kappa shape index (κ2) is 9.93. The first kappa shape index (κ1) is 25.4. The Hall–Kier alpha value is -3.20. The van der Waals surface area contributed by atoms with Crippen LogP contribution in [0.3, 0.4) is 0 Å². The first-order valence-electron chi connectivity index (χ1n) is 13.0. The molecule has 1 atom stereocenters. The lowest BCUT2D eigenvalue weighted by Crippen LogP contribution is -2.30. The highest BCUT2D eigenvalue weighted by molar-refractivity contribution is 7.91. The summed E-state index contributed by atoms with van der Waals surface area (Å²) in [6.07, 6.45) is 2.63. The fourth-order valence-corrected chi connectivity index (χ4v) is 6.54. The standard InChI is InChI=1S/C28H35N3O5S/c1-17(2)31-25-16-23(36-22-12-14-37(33,34)15-13-22)10-11-24(25)26(29)27(31)20-6-8-21(9-7-20)30-28(32)35-18(3)19-4-5-19/h6-11,16-19,22H,4-5,12-15,29H2,1-3H3,(H,30,32)/t18-/m1/s1. The predicted molar refractivity (Wildman–Crippen MR) is 147 cm³/mol. The van der Waals surface area contributed by atoms with Gasteiger partial charge in [-0.15, -0.1) is 0 Å². The molecule has 2 aliphatic rings. The molecule has 37 heavy (non-hydrogen) atoms. The van der Waals surface area contributed by atoms with Gasteiger partial charge in [-0.2, -0.15) is 0 Å². The molecule has 2 aromatic carbocycles. The number of nitrogen functional groups attached to an aromatic ring is 1. The first-order chi connectivity index (χ1) is 17.6. The van der Waals surface area contributed by atoms with E-state index in [4.69, 9.17) is 15.2 Å². The third-order valence-electron chi connectivity index (χ3n) is 7.32. The lowest BCUT2D eigenvalue weighted by atomic mass is 10.1. The van der Waals surface area contributed by atoms with Crippen molar-refractivity contribution in [2.45, 2.75) is 64.7 Å². The number of anilines is 2. The molecule has 0 unspecified atom stereocenters. The minimum Gasteiger partial charge on any atom is -0.490 e. The van der Waals surface area contributed by atoms with Crippen molar-refractivity contribution in [3.05, 3.63) is 42.5 Å². The Kier molecular flexibility index (Phi) is 6.83. The molecule has 3 aromatic rings. The molecule has 1 aliphatic heterocycles. The van der Waals surface area contributed by atoms with Crippen molar-refractivity contribution in [2.75, 3.05) is 22.6 Å². The number of benzene rings is 2. The second-order valence-electron chi connectivity index (χ2n) is 10.5. The van der Waals surface area contributed by atoms with Crippen LogP contribution in [0.4, 0.5) is 16.2 Å². The molecule has 1 saturated heterocycles. The third-order valence-corrected chi connectivity index (χ3v) is 9.03. The van der Waals surface area contributed by atoms with E-state index < -0.39 is 15.9 Å². The summed E-state index contributed by atoms with van der Waals surface area (Å²) >= 11 is 0. The second-order valence-corrected chi connectivity index (χ2v) is 12.8. The highest BCUT2D eigenvalue weighted by Gasteiger charge is 2.30. The monoisotopic (exact) mass is 525 g/mol. The summed E-state index contributed by atoms with van der Waals surface area (Å²) in [6, 6.07) is 13.6. The van der Waals surface area contributed by atoms with Crippen molar-refractivity contribution in [1.82, 2.24) is 4.57 Å². The van der Waals surface area contributed by atoms with Crippen LogP contribution in [0.15, 0.2) is 42.5 Å². The van der Waals surface area contributed by atoms with Crippen molar-refractivity contribution in [3.63, 3.8) is 0 Å². The number of carbonyl (C=O) groups excluding carboxylic acids is 1. The number of rotatable bonds is 7. The SMILES string of the molecule is CC(C)n1c(-c2ccc(NC(=O)O[C@H](C)C3CC3)cc2)c(N)c2ccc(OC3CCS(=O)(=O)CC3)cc21. The van der Waals surface area contributed by atoms with Gasteiger partial charge >= 0.3 is 6.09 Å². The summed E-state index contributed by atoms with van der Waals surface area (Å²) in [5, 5.41) is 3.74. The van der Waals surface area contributed by atoms with E-state index in [-0.39, 0.29) is 29.8 Å². The van der Waals surface area contributed by atoms with Gasteiger partial charge in [0.05, 0.1) is 28.4 Å². The van der Waals surface area contributed by atoms with Crippen LogP contribution >= 0.6 is 0 Å².